The van der Waals surface area contributed by atoms with Crippen molar-refractivity contribution in [2.45, 2.75) is 32.7 Å². The van der Waals surface area contributed by atoms with E-state index in [1.807, 2.05) is 32.0 Å². The van der Waals surface area contributed by atoms with E-state index in [9.17, 15) is 13.2 Å². The molecule has 1 unspecified atom stereocenters. The maximum absolute atomic E-state index is 12.9. The Morgan fingerprint density at radius 2 is 2.16 bits per heavy atom. The summed E-state index contributed by atoms with van der Waals surface area (Å²) in [6, 6.07) is 5.54. The number of hydrogen-bond acceptors (Lipinski definition) is 4. The van der Waals surface area contributed by atoms with Crippen LogP contribution in [0.5, 0.6) is 5.75 Å². The summed E-state index contributed by atoms with van der Waals surface area (Å²) >= 11 is 0. The van der Waals surface area contributed by atoms with E-state index < -0.39 is 9.84 Å². The highest BCUT2D eigenvalue weighted by Crippen LogP contribution is 2.28. The third-order valence-corrected chi connectivity index (χ3v) is 6.72. The van der Waals surface area contributed by atoms with E-state index in [0.29, 0.717) is 13.0 Å². The molecule has 2 heterocycles. The molecule has 1 atom stereocenters. The number of H-pyrrole nitrogens is 1. The van der Waals surface area contributed by atoms with Gasteiger partial charge in [-0.2, -0.15) is 0 Å². The predicted molar refractivity (Wildman–Crippen MR) is 97.7 cm³/mol. The van der Waals surface area contributed by atoms with Crippen molar-refractivity contribution in [2.75, 3.05) is 25.2 Å². The molecule has 136 valence electrons. The molecule has 6 nitrogen and oxygen atoms in total. The zero-order valence-electron chi connectivity index (χ0n) is 14.8. The molecule has 1 fully saturated rings. The summed E-state index contributed by atoms with van der Waals surface area (Å²) in [6.07, 6.45) is 0.784. The third-order valence-electron chi connectivity index (χ3n) is 4.96. The van der Waals surface area contributed by atoms with Crippen molar-refractivity contribution in [1.82, 2.24) is 9.88 Å². The van der Waals surface area contributed by atoms with Crippen LogP contribution in [0, 0.1) is 6.92 Å². The van der Waals surface area contributed by atoms with Crippen molar-refractivity contribution in [3.8, 4) is 5.75 Å². The van der Waals surface area contributed by atoms with E-state index in [1.54, 1.807) is 12.0 Å². The molecule has 1 saturated heterocycles. The van der Waals surface area contributed by atoms with Crippen LogP contribution < -0.4 is 4.74 Å². The fourth-order valence-electron chi connectivity index (χ4n) is 3.63. The number of benzene rings is 1. The zero-order chi connectivity index (χ0) is 18.2. The van der Waals surface area contributed by atoms with Crippen LogP contribution in [0.2, 0.25) is 0 Å². The molecule has 0 aliphatic carbocycles. The Labute approximate surface area is 148 Å². The first-order valence-corrected chi connectivity index (χ1v) is 10.3. The molecule has 1 amide bonds. The van der Waals surface area contributed by atoms with Crippen LogP contribution in [0.4, 0.5) is 0 Å². The summed E-state index contributed by atoms with van der Waals surface area (Å²) in [4.78, 5) is 17.9. The zero-order valence-corrected chi connectivity index (χ0v) is 15.6. The van der Waals surface area contributed by atoms with Crippen LogP contribution in [-0.4, -0.2) is 55.4 Å². The van der Waals surface area contributed by atoms with Gasteiger partial charge in [0.15, 0.2) is 9.84 Å². The highest BCUT2D eigenvalue weighted by molar-refractivity contribution is 7.91. The number of aromatic nitrogens is 1. The van der Waals surface area contributed by atoms with E-state index in [0.717, 1.165) is 27.9 Å². The van der Waals surface area contributed by atoms with Gasteiger partial charge in [-0.15, -0.1) is 0 Å². The van der Waals surface area contributed by atoms with Gasteiger partial charge in [0, 0.05) is 29.2 Å². The average molecular weight is 364 g/mol. The molecule has 0 bridgehead atoms. The molecule has 1 N–H and O–H groups in total. The molecule has 0 radical (unpaired) electrons. The number of likely N-dealkylation sites (N-methyl/N-ethyl adjacent to an activating group) is 1. The molecular formula is C18H24N2O4S. The lowest BCUT2D eigenvalue weighted by Gasteiger charge is -2.27. The number of amides is 1. The number of aryl methyl sites for hydroxylation is 1. The summed E-state index contributed by atoms with van der Waals surface area (Å²) in [6.45, 7) is 4.36. The third kappa shape index (κ3) is 3.51. The molecule has 0 spiro atoms. The van der Waals surface area contributed by atoms with Crippen molar-refractivity contribution >= 4 is 26.6 Å². The molecule has 0 saturated carbocycles. The van der Waals surface area contributed by atoms with Crippen molar-refractivity contribution < 1.29 is 17.9 Å². The van der Waals surface area contributed by atoms with Crippen molar-refractivity contribution in [3.05, 3.63) is 29.5 Å². The van der Waals surface area contributed by atoms with E-state index >= 15 is 0 Å². The molecule has 1 aromatic heterocycles. The molecular weight excluding hydrogens is 340 g/mol. The van der Waals surface area contributed by atoms with Gasteiger partial charge in [-0.1, -0.05) is 0 Å². The van der Waals surface area contributed by atoms with E-state index in [2.05, 4.69) is 4.98 Å². The van der Waals surface area contributed by atoms with Crippen LogP contribution in [-0.2, 0) is 21.1 Å². The molecule has 1 aliphatic heterocycles. The summed E-state index contributed by atoms with van der Waals surface area (Å²) in [7, 11) is -1.40. The van der Waals surface area contributed by atoms with Gasteiger partial charge in [0.1, 0.15) is 5.75 Å². The summed E-state index contributed by atoms with van der Waals surface area (Å²) in [5.74, 6) is 0.962. The quantitative estimate of drug-likeness (QED) is 0.881. The molecule has 3 rings (SSSR count). The molecule has 1 aliphatic rings. The second-order valence-electron chi connectivity index (χ2n) is 6.55. The monoisotopic (exact) mass is 364 g/mol. The number of ether oxygens (including phenoxy) is 1. The van der Waals surface area contributed by atoms with Crippen LogP contribution in [0.1, 0.15) is 24.6 Å². The van der Waals surface area contributed by atoms with Gasteiger partial charge in [-0.05, 0) is 44.0 Å². The number of rotatable bonds is 5. The highest BCUT2D eigenvalue weighted by Gasteiger charge is 2.34. The van der Waals surface area contributed by atoms with Crippen molar-refractivity contribution in [2.24, 2.45) is 0 Å². The number of nitrogens with zero attached hydrogens (tertiary/aromatic N) is 1. The number of aromatic amines is 1. The van der Waals surface area contributed by atoms with Gasteiger partial charge in [0.2, 0.25) is 5.91 Å². The number of sulfone groups is 1. The van der Waals surface area contributed by atoms with Crippen LogP contribution >= 0.6 is 0 Å². The Balaban J connectivity index is 1.87. The number of nitrogens with one attached hydrogen (secondary N) is 1. The Morgan fingerprint density at radius 3 is 2.76 bits per heavy atom. The van der Waals surface area contributed by atoms with Crippen LogP contribution in [0.15, 0.2) is 18.2 Å². The number of carbonyl (C=O) groups excluding carboxylic acids is 1. The Kier molecular flexibility index (Phi) is 4.77. The van der Waals surface area contributed by atoms with Crippen LogP contribution in [0.25, 0.3) is 10.9 Å². The Hall–Kier alpha value is -2.02. The number of methoxy groups -OCH3 is 1. The van der Waals surface area contributed by atoms with E-state index in [1.165, 1.54) is 0 Å². The minimum absolute atomic E-state index is 0.0311. The van der Waals surface area contributed by atoms with Gasteiger partial charge in [-0.3, -0.25) is 4.79 Å². The second-order valence-corrected chi connectivity index (χ2v) is 8.78. The first-order chi connectivity index (χ1) is 11.8. The largest absolute Gasteiger partial charge is 0.497 e. The Morgan fingerprint density at radius 1 is 1.40 bits per heavy atom. The molecule has 25 heavy (non-hydrogen) atoms. The predicted octanol–water partition coefficient (Wildman–Crippen LogP) is 2.06. The van der Waals surface area contributed by atoms with Crippen molar-refractivity contribution in [3.63, 3.8) is 0 Å². The fourth-order valence-corrected chi connectivity index (χ4v) is 5.36. The highest BCUT2D eigenvalue weighted by atomic mass is 32.2. The van der Waals surface area contributed by atoms with Gasteiger partial charge < -0.3 is 14.6 Å². The van der Waals surface area contributed by atoms with Gasteiger partial charge in [0.05, 0.1) is 25.0 Å². The summed E-state index contributed by atoms with van der Waals surface area (Å²) in [5.41, 5.74) is 2.86. The Bertz CT molecular complexity index is 901. The first-order valence-electron chi connectivity index (χ1n) is 8.49. The average Bonchev–Trinajstić information content (AvgIpc) is 3.07. The SMILES string of the molecule is CCN(C(=O)Cc1c(C)[nH]c2ccc(OC)cc12)C1CCS(=O)(=O)C1. The van der Waals surface area contributed by atoms with E-state index in [-0.39, 0.29) is 29.9 Å². The lowest BCUT2D eigenvalue weighted by atomic mass is 10.1. The van der Waals surface area contributed by atoms with Gasteiger partial charge in [-0.25, -0.2) is 8.42 Å². The fraction of sp³-hybridized carbons (Fsp3) is 0.500. The summed E-state index contributed by atoms with van der Waals surface area (Å²) < 4.78 is 28.8. The van der Waals surface area contributed by atoms with Crippen LogP contribution in [0.3, 0.4) is 0 Å². The van der Waals surface area contributed by atoms with Crippen molar-refractivity contribution in [1.29, 1.82) is 0 Å². The molecule has 1 aromatic carbocycles. The first kappa shape index (κ1) is 17.8. The maximum atomic E-state index is 12.9. The minimum atomic E-state index is -3.01. The number of hydrogen-bond donors (Lipinski definition) is 1. The van der Waals surface area contributed by atoms with Gasteiger partial charge in [0.25, 0.3) is 0 Å². The van der Waals surface area contributed by atoms with E-state index in [4.69, 9.17) is 4.74 Å². The van der Waals surface area contributed by atoms with Gasteiger partial charge >= 0.3 is 0 Å². The lowest BCUT2D eigenvalue weighted by Crippen LogP contribution is -2.41. The lowest BCUT2D eigenvalue weighted by molar-refractivity contribution is -0.132. The normalized spacial score (nSPS) is 19.2. The number of carbonyl (C=O) groups is 1. The molecule has 2 aromatic rings. The standard InChI is InChI=1S/C18H24N2O4S/c1-4-20(13-7-8-25(22,23)11-13)18(21)10-15-12(2)19-17-6-5-14(24-3)9-16(15)17/h5-6,9,13,19H,4,7-8,10-11H2,1-3H3. The molecule has 7 heteroatoms. The summed E-state index contributed by atoms with van der Waals surface area (Å²) in [5, 5.41) is 0.972. The topological polar surface area (TPSA) is 79.5 Å². The maximum Gasteiger partial charge on any atom is 0.227 e. The number of fused-ring (bicyclic) bond motifs is 1. The minimum Gasteiger partial charge on any atom is -0.497 e. The smallest absolute Gasteiger partial charge is 0.227 e. The second kappa shape index (κ2) is 6.71.